The summed E-state index contributed by atoms with van der Waals surface area (Å²) in [4.78, 5) is 48.8. The third-order valence-electron chi connectivity index (χ3n) is 8.29. The van der Waals surface area contributed by atoms with E-state index in [2.05, 4.69) is 15.3 Å². The molecule has 12 heteroatoms. The van der Waals surface area contributed by atoms with Crippen LogP contribution in [0.1, 0.15) is 65.5 Å². The van der Waals surface area contributed by atoms with Crippen molar-refractivity contribution in [3.63, 3.8) is 0 Å². The predicted octanol–water partition coefficient (Wildman–Crippen LogP) is 5.27. The molecule has 9 nitrogen and oxygen atoms in total. The first-order chi connectivity index (χ1) is 19.3. The predicted molar refractivity (Wildman–Crippen MR) is 147 cm³/mol. The van der Waals surface area contributed by atoms with E-state index in [0.717, 1.165) is 0 Å². The van der Waals surface area contributed by atoms with Crippen molar-refractivity contribution in [1.29, 1.82) is 0 Å². The quantitative estimate of drug-likeness (QED) is 0.449. The number of benzene rings is 1. The van der Waals surface area contributed by atoms with Gasteiger partial charge in [-0.2, -0.15) is 8.78 Å². The Balaban J connectivity index is 1.54. The molecule has 2 bridgehead atoms. The van der Waals surface area contributed by atoms with E-state index in [1.54, 1.807) is 33.8 Å². The van der Waals surface area contributed by atoms with Crippen molar-refractivity contribution in [3.8, 4) is 5.88 Å². The molecule has 0 unspecified atom stereocenters. The molecule has 5 rings (SSSR count). The molecule has 2 amide bonds. The highest BCUT2D eigenvalue weighted by atomic mass is 35.5. The lowest BCUT2D eigenvalue weighted by molar-refractivity contribution is -0.139. The van der Waals surface area contributed by atoms with Crippen LogP contribution in [0.15, 0.2) is 18.2 Å². The van der Waals surface area contributed by atoms with Gasteiger partial charge in [0.05, 0.1) is 23.6 Å². The number of alkyl carbamates (subject to hydrolysis) is 1. The number of nitrogens with one attached hydrogen (secondary N) is 1. The summed E-state index contributed by atoms with van der Waals surface area (Å²) in [6.07, 6.45) is 0.332. The van der Waals surface area contributed by atoms with Gasteiger partial charge in [0.2, 0.25) is 11.8 Å². The van der Waals surface area contributed by atoms with E-state index >= 15 is 8.78 Å². The van der Waals surface area contributed by atoms with Crippen LogP contribution in [0.2, 0.25) is 5.02 Å². The van der Waals surface area contributed by atoms with Crippen molar-refractivity contribution >= 4 is 40.9 Å². The Morgan fingerprint density at radius 1 is 1.12 bits per heavy atom. The van der Waals surface area contributed by atoms with E-state index in [4.69, 9.17) is 21.1 Å². The number of hydrogen-bond acceptors (Lipinski definition) is 7. The smallest absolute Gasteiger partial charge is 0.408 e. The van der Waals surface area contributed by atoms with Crippen LogP contribution in [0.25, 0.3) is 11.0 Å². The Morgan fingerprint density at radius 3 is 2.59 bits per heavy atom. The Morgan fingerprint density at radius 2 is 1.88 bits per heavy atom. The van der Waals surface area contributed by atoms with Gasteiger partial charge < -0.3 is 24.5 Å². The van der Waals surface area contributed by atoms with Crippen LogP contribution < -0.4 is 10.1 Å². The average molecular weight is 593 g/mol. The Hall–Kier alpha value is -3.08. The van der Waals surface area contributed by atoms with Gasteiger partial charge in [-0.3, -0.25) is 4.79 Å². The molecule has 0 spiro atoms. The van der Waals surface area contributed by atoms with E-state index in [9.17, 15) is 14.4 Å². The van der Waals surface area contributed by atoms with E-state index in [1.807, 2.05) is 0 Å². The van der Waals surface area contributed by atoms with Gasteiger partial charge in [-0.1, -0.05) is 45.7 Å². The summed E-state index contributed by atoms with van der Waals surface area (Å²) in [5.41, 5.74) is -0.758. The number of nitrogens with zero attached hydrogens (tertiary/aromatic N) is 3. The molecule has 1 aromatic carbocycles. The number of hydrogen-bond donors (Lipinski definition) is 1. The number of ether oxygens (including phenoxy) is 2. The standard InChI is InChI=1S/C29H35ClF2N4O5/c1-15-20(14-37)36-13-22(15)40-25-23(33-18-9-8-17(30)12-19(18)34-25)29(31,32)10-6-5-7-16-11-21(16)41-27(39)35-24(26(36)38)28(2,3)4/h8-9,12,14-16,20-22,24H,5-7,10-11,13H2,1-4H3,(H,35,39)/t15-,16+,20+,21+,22-,24+/m0/s1. The van der Waals surface area contributed by atoms with Crippen LogP contribution in [0, 0.1) is 17.3 Å². The molecule has 6 atom stereocenters. The molecule has 41 heavy (non-hydrogen) atoms. The minimum absolute atomic E-state index is 0.0717. The third kappa shape index (κ3) is 6.10. The van der Waals surface area contributed by atoms with Gasteiger partial charge in [-0.15, -0.1) is 0 Å². The number of fused-ring (bicyclic) bond motifs is 5. The molecule has 1 aliphatic carbocycles. The zero-order valence-corrected chi connectivity index (χ0v) is 24.3. The molecule has 1 aromatic heterocycles. The molecule has 3 heterocycles. The first-order valence-corrected chi connectivity index (χ1v) is 14.4. The number of aromatic nitrogens is 2. The molecule has 1 N–H and O–H groups in total. The summed E-state index contributed by atoms with van der Waals surface area (Å²) in [6, 6.07) is 2.70. The SMILES string of the molecule is C[C@@H]1[C@@H]2CN(C(=O)[C@H](C(C)(C)C)NC(=O)O[C@@H]3C[C@H]3CCCCC(F)(F)c3nc4ccc(Cl)cc4nc3O2)[C@@H]1C=O. The minimum Gasteiger partial charge on any atom is -0.471 e. The number of halogens is 3. The van der Waals surface area contributed by atoms with Crippen LogP contribution in [0.3, 0.4) is 0 Å². The lowest BCUT2D eigenvalue weighted by Gasteiger charge is -2.34. The third-order valence-corrected chi connectivity index (χ3v) is 8.53. The highest BCUT2D eigenvalue weighted by Crippen LogP contribution is 2.42. The highest BCUT2D eigenvalue weighted by molar-refractivity contribution is 6.31. The van der Waals surface area contributed by atoms with Crippen LogP contribution >= 0.6 is 11.6 Å². The van der Waals surface area contributed by atoms with E-state index < -0.39 is 59.6 Å². The van der Waals surface area contributed by atoms with Gasteiger partial charge in [-0.25, -0.2) is 14.8 Å². The molecule has 222 valence electrons. The monoisotopic (exact) mass is 592 g/mol. The largest absolute Gasteiger partial charge is 0.471 e. The summed E-state index contributed by atoms with van der Waals surface area (Å²) < 4.78 is 43.1. The summed E-state index contributed by atoms with van der Waals surface area (Å²) in [5.74, 6) is -4.66. The van der Waals surface area contributed by atoms with Crippen molar-refractivity contribution in [3.05, 3.63) is 28.9 Å². The van der Waals surface area contributed by atoms with Gasteiger partial charge in [0.15, 0.2) is 5.69 Å². The van der Waals surface area contributed by atoms with Crippen LogP contribution in [0.5, 0.6) is 5.88 Å². The molecule has 2 aromatic rings. The summed E-state index contributed by atoms with van der Waals surface area (Å²) in [7, 11) is 0. The maximum Gasteiger partial charge on any atom is 0.408 e. The second kappa shape index (κ2) is 11.0. The summed E-state index contributed by atoms with van der Waals surface area (Å²) in [5, 5.41) is 3.08. The fourth-order valence-corrected chi connectivity index (χ4v) is 5.85. The minimum atomic E-state index is -3.35. The van der Waals surface area contributed by atoms with Gasteiger partial charge in [0, 0.05) is 17.4 Å². The Bertz CT molecular complexity index is 1350. The van der Waals surface area contributed by atoms with Crippen LogP contribution in [0.4, 0.5) is 13.6 Å². The topological polar surface area (TPSA) is 111 Å². The first kappa shape index (κ1) is 29.4. The van der Waals surface area contributed by atoms with Crippen LogP contribution in [-0.2, 0) is 20.2 Å². The van der Waals surface area contributed by atoms with Crippen molar-refractivity contribution < 1.29 is 32.6 Å². The first-order valence-electron chi connectivity index (χ1n) is 14.0. The number of rotatable bonds is 1. The van der Waals surface area contributed by atoms with Crippen molar-refractivity contribution in [2.75, 3.05) is 6.54 Å². The lowest BCUT2D eigenvalue weighted by Crippen LogP contribution is -2.56. The molecule has 2 fully saturated rings. The van der Waals surface area contributed by atoms with E-state index in [-0.39, 0.29) is 41.9 Å². The van der Waals surface area contributed by atoms with Crippen LogP contribution in [-0.4, -0.2) is 64.0 Å². The zero-order chi connectivity index (χ0) is 29.7. The van der Waals surface area contributed by atoms with Gasteiger partial charge >= 0.3 is 6.09 Å². The van der Waals surface area contributed by atoms with Gasteiger partial charge in [-0.05, 0) is 48.8 Å². The lowest BCUT2D eigenvalue weighted by atomic mass is 9.85. The second-order valence-electron chi connectivity index (χ2n) is 12.5. The van der Waals surface area contributed by atoms with E-state index in [0.29, 0.717) is 30.6 Å². The molecular weight excluding hydrogens is 558 g/mol. The molecule has 2 aliphatic heterocycles. The maximum atomic E-state index is 15.7. The van der Waals surface area contributed by atoms with Crippen molar-refractivity contribution in [2.24, 2.45) is 17.3 Å². The fraction of sp³-hybridized carbons (Fsp3) is 0.621. The highest BCUT2D eigenvalue weighted by Gasteiger charge is 2.49. The zero-order valence-electron chi connectivity index (χ0n) is 23.5. The maximum absolute atomic E-state index is 15.7. The molecule has 1 saturated heterocycles. The normalized spacial score (nSPS) is 30.7. The number of aldehydes is 1. The fourth-order valence-electron chi connectivity index (χ4n) is 5.68. The molecule has 0 radical (unpaired) electrons. The Labute approximate surface area is 242 Å². The molecular formula is C29H35ClF2N4O5. The van der Waals surface area contributed by atoms with E-state index in [1.165, 1.54) is 17.0 Å². The number of amides is 2. The van der Waals surface area contributed by atoms with Gasteiger partial charge in [0.25, 0.3) is 5.92 Å². The molecule has 1 saturated carbocycles. The Kier molecular flexibility index (Phi) is 7.86. The van der Waals surface area contributed by atoms with Crippen molar-refractivity contribution in [2.45, 2.75) is 90.0 Å². The average Bonchev–Trinajstić information content (AvgIpc) is 3.55. The number of alkyl halides is 2. The summed E-state index contributed by atoms with van der Waals surface area (Å²) in [6.45, 7) is 7.04. The van der Waals surface area contributed by atoms with Crippen molar-refractivity contribution in [1.82, 2.24) is 20.2 Å². The number of carbonyl (C=O) groups is 3. The molecule has 3 aliphatic rings. The summed E-state index contributed by atoms with van der Waals surface area (Å²) >= 11 is 6.13. The van der Waals surface area contributed by atoms with Gasteiger partial charge in [0.1, 0.15) is 24.5 Å². The second-order valence-corrected chi connectivity index (χ2v) is 12.9. The number of carbonyl (C=O) groups excluding carboxylic acids is 3.